The first-order valence-corrected chi connectivity index (χ1v) is 7.89. The van der Waals surface area contributed by atoms with Crippen LogP contribution in [0.25, 0.3) is 6.08 Å². The first-order valence-electron chi connectivity index (χ1n) is 6.84. The molecule has 0 aromatic carbocycles. The van der Waals surface area contributed by atoms with Gasteiger partial charge in [-0.25, -0.2) is 9.78 Å². The first-order chi connectivity index (χ1) is 9.60. The van der Waals surface area contributed by atoms with Crippen molar-refractivity contribution in [2.75, 3.05) is 23.7 Å². The highest BCUT2D eigenvalue weighted by molar-refractivity contribution is 8.00. The zero-order valence-electron chi connectivity index (χ0n) is 11.9. The van der Waals surface area contributed by atoms with Crippen LogP contribution in [0.1, 0.15) is 24.5 Å². The van der Waals surface area contributed by atoms with Gasteiger partial charge in [0.15, 0.2) is 0 Å². The number of anilines is 1. The van der Waals surface area contributed by atoms with Crippen molar-refractivity contribution in [2.24, 2.45) is 0 Å². The van der Waals surface area contributed by atoms with Gasteiger partial charge in [-0.05, 0) is 36.6 Å². The van der Waals surface area contributed by atoms with E-state index in [-0.39, 0.29) is 0 Å². The molecule has 4 nitrogen and oxygen atoms in total. The first kappa shape index (κ1) is 14.9. The van der Waals surface area contributed by atoms with Crippen LogP contribution in [0.5, 0.6) is 0 Å². The molecule has 5 heteroatoms. The lowest BCUT2D eigenvalue weighted by Gasteiger charge is -2.33. The average Bonchev–Trinajstić information content (AvgIpc) is 2.45. The zero-order valence-corrected chi connectivity index (χ0v) is 12.7. The number of carboxylic acids is 1. The Bertz CT molecular complexity index is 517. The third kappa shape index (κ3) is 3.76. The molecule has 1 aliphatic rings. The molecule has 1 fully saturated rings. The molecule has 2 rings (SSSR count). The number of carbonyl (C=O) groups is 1. The summed E-state index contributed by atoms with van der Waals surface area (Å²) in [5.74, 6) is 1.22. The van der Waals surface area contributed by atoms with Crippen molar-refractivity contribution in [3.05, 3.63) is 29.5 Å². The smallest absolute Gasteiger partial charge is 0.328 e. The average molecular weight is 292 g/mol. The largest absolute Gasteiger partial charge is 0.478 e. The summed E-state index contributed by atoms with van der Waals surface area (Å²) in [4.78, 5) is 17.4. The van der Waals surface area contributed by atoms with Gasteiger partial charge in [0.2, 0.25) is 0 Å². The standard InChI is InChI=1S/C15H20N2O2S/c1-3-13-10-17(6-7-20-13)15-11(2)8-12(9-16-15)4-5-14(18)19/h4-5,8-9,13H,3,6-7,10H2,1-2H3,(H,18,19)/b5-4+. The number of carboxylic acid groups (broad SMARTS) is 1. The number of hydrogen-bond acceptors (Lipinski definition) is 4. The quantitative estimate of drug-likeness (QED) is 0.865. The van der Waals surface area contributed by atoms with Gasteiger partial charge in [0.25, 0.3) is 0 Å². The number of hydrogen-bond donors (Lipinski definition) is 1. The summed E-state index contributed by atoms with van der Waals surface area (Å²) in [5.41, 5.74) is 1.92. The maximum Gasteiger partial charge on any atom is 0.328 e. The Hall–Kier alpha value is -1.49. The fourth-order valence-corrected chi connectivity index (χ4v) is 3.52. The van der Waals surface area contributed by atoms with E-state index in [4.69, 9.17) is 5.11 Å². The number of thioether (sulfide) groups is 1. The number of nitrogens with zero attached hydrogens (tertiary/aromatic N) is 2. The van der Waals surface area contributed by atoms with Crippen molar-refractivity contribution < 1.29 is 9.90 Å². The summed E-state index contributed by atoms with van der Waals surface area (Å²) in [6.45, 7) is 6.32. The molecule has 1 aromatic heterocycles. The van der Waals surface area contributed by atoms with E-state index in [0.29, 0.717) is 5.25 Å². The third-order valence-electron chi connectivity index (χ3n) is 3.38. The molecule has 1 saturated heterocycles. The van der Waals surface area contributed by atoms with Gasteiger partial charge in [0.1, 0.15) is 5.82 Å². The van der Waals surface area contributed by atoms with E-state index >= 15 is 0 Å². The Balaban J connectivity index is 2.15. The van der Waals surface area contributed by atoms with Crippen LogP contribution in [0.2, 0.25) is 0 Å². The van der Waals surface area contributed by atoms with Crippen molar-refractivity contribution in [3.8, 4) is 0 Å². The molecule has 1 atom stereocenters. The van der Waals surface area contributed by atoms with E-state index < -0.39 is 5.97 Å². The van der Waals surface area contributed by atoms with E-state index in [1.807, 2.05) is 24.8 Å². The zero-order chi connectivity index (χ0) is 14.5. The molecule has 1 N–H and O–H groups in total. The molecule has 0 amide bonds. The summed E-state index contributed by atoms with van der Waals surface area (Å²) in [6, 6.07) is 1.99. The monoisotopic (exact) mass is 292 g/mol. The summed E-state index contributed by atoms with van der Waals surface area (Å²) in [5, 5.41) is 9.32. The van der Waals surface area contributed by atoms with Crippen molar-refractivity contribution in [1.29, 1.82) is 0 Å². The Morgan fingerprint density at radius 1 is 1.65 bits per heavy atom. The molecule has 0 saturated carbocycles. The second-order valence-electron chi connectivity index (χ2n) is 4.93. The number of aromatic nitrogens is 1. The van der Waals surface area contributed by atoms with Crippen LogP contribution < -0.4 is 4.90 Å². The van der Waals surface area contributed by atoms with Gasteiger partial charge in [-0.1, -0.05) is 6.92 Å². The number of pyridine rings is 1. The maximum absolute atomic E-state index is 10.5. The van der Waals surface area contributed by atoms with Crippen LogP contribution >= 0.6 is 11.8 Å². The van der Waals surface area contributed by atoms with Crippen molar-refractivity contribution in [3.63, 3.8) is 0 Å². The van der Waals surface area contributed by atoms with Gasteiger partial charge >= 0.3 is 5.97 Å². The predicted molar refractivity (Wildman–Crippen MR) is 84.4 cm³/mol. The molecule has 1 unspecified atom stereocenters. The second-order valence-corrected chi connectivity index (χ2v) is 6.34. The van der Waals surface area contributed by atoms with Crippen molar-refractivity contribution in [1.82, 2.24) is 4.98 Å². The minimum Gasteiger partial charge on any atom is -0.478 e. The predicted octanol–water partition coefficient (Wildman–Crippen LogP) is 2.82. The van der Waals surface area contributed by atoms with E-state index in [1.165, 1.54) is 6.42 Å². The lowest BCUT2D eigenvalue weighted by molar-refractivity contribution is -0.131. The SMILES string of the molecule is CCC1CN(c2ncc(/C=C/C(=O)O)cc2C)CCS1. The highest BCUT2D eigenvalue weighted by atomic mass is 32.2. The van der Waals surface area contributed by atoms with E-state index in [9.17, 15) is 4.79 Å². The van der Waals surface area contributed by atoms with Gasteiger partial charge in [0, 0.05) is 36.4 Å². The molecule has 108 valence electrons. The normalized spacial score (nSPS) is 19.5. The van der Waals surface area contributed by atoms with Crippen LogP contribution in [0.3, 0.4) is 0 Å². The minimum atomic E-state index is -0.939. The van der Waals surface area contributed by atoms with Crippen molar-refractivity contribution >= 4 is 29.6 Å². The third-order valence-corrected chi connectivity index (χ3v) is 4.76. The summed E-state index contributed by atoms with van der Waals surface area (Å²) >= 11 is 2.04. The highest BCUT2D eigenvalue weighted by Crippen LogP contribution is 2.26. The van der Waals surface area contributed by atoms with Crippen LogP contribution in [0.4, 0.5) is 5.82 Å². The van der Waals surface area contributed by atoms with E-state index in [1.54, 1.807) is 12.3 Å². The number of aliphatic carboxylic acids is 1. The van der Waals surface area contributed by atoms with Gasteiger partial charge in [-0.3, -0.25) is 0 Å². The second kappa shape index (κ2) is 6.79. The molecular formula is C15H20N2O2S. The van der Waals surface area contributed by atoms with Crippen LogP contribution in [0.15, 0.2) is 18.3 Å². The van der Waals surface area contributed by atoms with Crippen LogP contribution in [0, 0.1) is 6.92 Å². The Morgan fingerprint density at radius 2 is 2.45 bits per heavy atom. The Kier molecular flexibility index (Phi) is 5.06. The van der Waals surface area contributed by atoms with E-state index in [0.717, 1.165) is 41.9 Å². The molecule has 0 aliphatic carbocycles. The van der Waals surface area contributed by atoms with Gasteiger partial charge in [-0.15, -0.1) is 0 Å². The highest BCUT2D eigenvalue weighted by Gasteiger charge is 2.21. The lowest BCUT2D eigenvalue weighted by atomic mass is 10.1. The molecule has 0 spiro atoms. The van der Waals surface area contributed by atoms with Crippen molar-refractivity contribution in [2.45, 2.75) is 25.5 Å². The molecule has 2 heterocycles. The maximum atomic E-state index is 10.5. The number of aryl methyl sites for hydroxylation is 1. The molecule has 1 aliphatic heterocycles. The van der Waals surface area contributed by atoms with Gasteiger partial charge in [0.05, 0.1) is 0 Å². The summed E-state index contributed by atoms with van der Waals surface area (Å²) in [6.07, 6.45) is 5.64. The molecule has 0 bridgehead atoms. The molecular weight excluding hydrogens is 272 g/mol. The van der Waals surface area contributed by atoms with Crippen LogP contribution in [-0.4, -0.2) is 40.2 Å². The molecule has 1 aromatic rings. The van der Waals surface area contributed by atoms with E-state index in [2.05, 4.69) is 16.8 Å². The number of rotatable bonds is 4. The molecule has 20 heavy (non-hydrogen) atoms. The lowest BCUT2D eigenvalue weighted by Crippen LogP contribution is -2.38. The fraction of sp³-hybridized carbons (Fsp3) is 0.467. The Labute approximate surface area is 123 Å². The Morgan fingerprint density at radius 3 is 3.10 bits per heavy atom. The van der Waals surface area contributed by atoms with Crippen LogP contribution in [-0.2, 0) is 4.79 Å². The topological polar surface area (TPSA) is 53.4 Å². The van der Waals surface area contributed by atoms with Gasteiger partial charge in [-0.2, -0.15) is 11.8 Å². The summed E-state index contributed by atoms with van der Waals surface area (Å²) < 4.78 is 0. The van der Waals surface area contributed by atoms with Gasteiger partial charge < -0.3 is 10.0 Å². The fourth-order valence-electron chi connectivity index (χ4n) is 2.34. The molecule has 0 radical (unpaired) electrons. The summed E-state index contributed by atoms with van der Waals surface area (Å²) in [7, 11) is 0. The minimum absolute atomic E-state index is 0.677.